The summed E-state index contributed by atoms with van der Waals surface area (Å²) in [5.74, 6) is -0.790. The summed E-state index contributed by atoms with van der Waals surface area (Å²) in [6.07, 6.45) is 1.54. The maximum absolute atomic E-state index is 12.2. The summed E-state index contributed by atoms with van der Waals surface area (Å²) < 4.78 is 17.7. The molecule has 4 nitrogen and oxygen atoms in total. The van der Waals surface area contributed by atoms with Crippen LogP contribution in [0.15, 0.2) is 30.3 Å². The molecule has 0 aromatic heterocycles. The molecular formula is C17H20O4. The third-order valence-electron chi connectivity index (χ3n) is 5.04. The summed E-state index contributed by atoms with van der Waals surface area (Å²) in [6.45, 7) is 4.29. The van der Waals surface area contributed by atoms with Gasteiger partial charge in [0.1, 0.15) is 0 Å². The first kappa shape index (κ1) is 13.3. The predicted molar refractivity (Wildman–Crippen MR) is 75.3 cm³/mol. The molecular weight excluding hydrogens is 268 g/mol. The smallest absolute Gasteiger partial charge is 0.314 e. The van der Waals surface area contributed by atoms with E-state index in [0.29, 0.717) is 12.5 Å². The highest BCUT2D eigenvalue weighted by molar-refractivity contribution is 5.77. The molecule has 2 heterocycles. The minimum atomic E-state index is -0.842. The Morgan fingerprint density at radius 3 is 2.71 bits per heavy atom. The Labute approximate surface area is 124 Å². The molecule has 2 saturated heterocycles. The molecule has 1 spiro atoms. The van der Waals surface area contributed by atoms with Crippen LogP contribution in [0.1, 0.15) is 38.4 Å². The number of hydrogen-bond acceptors (Lipinski definition) is 4. The maximum atomic E-state index is 12.2. The van der Waals surface area contributed by atoms with Gasteiger partial charge in [0.2, 0.25) is 5.79 Å². The summed E-state index contributed by atoms with van der Waals surface area (Å²) in [6, 6.07) is 10.2. The van der Waals surface area contributed by atoms with Crippen molar-refractivity contribution in [1.82, 2.24) is 0 Å². The van der Waals surface area contributed by atoms with Gasteiger partial charge in [0.05, 0.1) is 24.2 Å². The molecule has 112 valence electrons. The normalized spacial score (nSPS) is 40.5. The van der Waals surface area contributed by atoms with E-state index in [1.54, 1.807) is 0 Å². The van der Waals surface area contributed by atoms with Gasteiger partial charge in [0.25, 0.3) is 0 Å². The van der Waals surface area contributed by atoms with Crippen molar-refractivity contribution in [3.8, 4) is 0 Å². The largest absolute Gasteiger partial charge is 0.433 e. The van der Waals surface area contributed by atoms with Crippen molar-refractivity contribution in [2.75, 3.05) is 6.61 Å². The second kappa shape index (κ2) is 4.31. The molecule has 0 amide bonds. The SMILES string of the molecule is CC1(C)OC(=O)[C@@H]2C[C@H]3CO[C@H](c4ccccc4)C[C@]32O1. The van der Waals surface area contributed by atoms with Crippen molar-refractivity contribution in [2.45, 2.75) is 44.2 Å². The van der Waals surface area contributed by atoms with E-state index in [1.165, 1.54) is 0 Å². The Kier molecular flexibility index (Phi) is 2.72. The molecule has 1 aliphatic carbocycles. The Bertz CT molecular complexity index is 567. The zero-order valence-corrected chi connectivity index (χ0v) is 12.4. The fourth-order valence-corrected chi connectivity index (χ4v) is 4.07. The number of carbonyl (C=O) groups excluding carboxylic acids is 1. The molecule has 1 saturated carbocycles. The predicted octanol–water partition coefficient (Wildman–Crippen LogP) is 2.83. The van der Waals surface area contributed by atoms with Gasteiger partial charge in [0, 0.05) is 26.2 Å². The van der Waals surface area contributed by atoms with Crippen LogP contribution in [0.3, 0.4) is 0 Å². The van der Waals surface area contributed by atoms with Crippen LogP contribution in [0.25, 0.3) is 0 Å². The Morgan fingerprint density at radius 2 is 1.95 bits per heavy atom. The molecule has 0 N–H and O–H groups in total. The summed E-state index contributed by atoms with van der Waals surface area (Å²) in [5, 5.41) is 0. The fourth-order valence-electron chi connectivity index (χ4n) is 4.07. The third kappa shape index (κ3) is 1.93. The molecule has 1 aromatic carbocycles. The summed E-state index contributed by atoms with van der Waals surface area (Å²) in [4.78, 5) is 12.2. The molecule has 4 heteroatoms. The van der Waals surface area contributed by atoms with E-state index in [1.807, 2.05) is 32.0 Å². The lowest BCUT2D eigenvalue weighted by Crippen LogP contribution is -2.70. The lowest BCUT2D eigenvalue weighted by atomic mass is 9.56. The van der Waals surface area contributed by atoms with Crippen molar-refractivity contribution in [1.29, 1.82) is 0 Å². The van der Waals surface area contributed by atoms with Crippen molar-refractivity contribution in [3.05, 3.63) is 35.9 Å². The van der Waals surface area contributed by atoms with Gasteiger partial charge in [-0.3, -0.25) is 4.79 Å². The van der Waals surface area contributed by atoms with Gasteiger partial charge in [-0.25, -0.2) is 0 Å². The summed E-state index contributed by atoms with van der Waals surface area (Å²) >= 11 is 0. The Hall–Kier alpha value is -1.39. The van der Waals surface area contributed by atoms with Crippen LogP contribution in [0.4, 0.5) is 0 Å². The van der Waals surface area contributed by atoms with Crippen molar-refractivity contribution < 1.29 is 19.0 Å². The first-order chi connectivity index (χ1) is 10.0. The van der Waals surface area contributed by atoms with E-state index in [2.05, 4.69) is 12.1 Å². The monoisotopic (exact) mass is 288 g/mol. The number of ether oxygens (including phenoxy) is 3. The van der Waals surface area contributed by atoms with E-state index in [-0.39, 0.29) is 18.0 Å². The number of esters is 1. The highest BCUT2D eigenvalue weighted by Gasteiger charge is 2.67. The lowest BCUT2D eigenvalue weighted by Gasteiger charge is -2.62. The van der Waals surface area contributed by atoms with Crippen LogP contribution in [-0.4, -0.2) is 24.0 Å². The molecule has 4 atom stereocenters. The standard InChI is InChI=1S/C17H20O4/c1-16(2)20-15(18)13-8-12-10-19-14(9-17(12,13)21-16)11-6-4-3-5-7-11/h3-7,12-14H,8-10H2,1-2H3/t12-,13-,14-,17-/m0/s1. The molecule has 2 aliphatic heterocycles. The van der Waals surface area contributed by atoms with Crippen molar-refractivity contribution in [2.24, 2.45) is 11.8 Å². The summed E-state index contributed by atoms with van der Waals surface area (Å²) in [5.41, 5.74) is 0.744. The van der Waals surface area contributed by atoms with E-state index in [4.69, 9.17) is 14.2 Å². The topological polar surface area (TPSA) is 44.8 Å². The van der Waals surface area contributed by atoms with Crippen LogP contribution < -0.4 is 0 Å². The first-order valence-electron chi connectivity index (χ1n) is 7.60. The number of rotatable bonds is 1. The fraction of sp³-hybridized carbons (Fsp3) is 0.588. The number of benzene rings is 1. The molecule has 0 unspecified atom stereocenters. The average molecular weight is 288 g/mol. The number of hydrogen-bond donors (Lipinski definition) is 0. The second-order valence-electron chi connectivity index (χ2n) is 6.80. The molecule has 0 radical (unpaired) electrons. The van der Waals surface area contributed by atoms with Crippen molar-refractivity contribution >= 4 is 5.97 Å². The zero-order chi connectivity index (χ0) is 14.7. The van der Waals surface area contributed by atoms with E-state index < -0.39 is 11.4 Å². The highest BCUT2D eigenvalue weighted by atomic mass is 16.7. The lowest BCUT2D eigenvalue weighted by molar-refractivity contribution is -0.369. The van der Waals surface area contributed by atoms with Gasteiger partial charge >= 0.3 is 5.97 Å². The van der Waals surface area contributed by atoms with Gasteiger partial charge in [-0.2, -0.15) is 0 Å². The van der Waals surface area contributed by atoms with Crippen LogP contribution in [0.5, 0.6) is 0 Å². The van der Waals surface area contributed by atoms with Gasteiger partial charge in [0.15, 0.2) is 0 Å². The van der Waals surface area contributed by atoms with E-state index in [0.717, 1.165) is 18.4 Å². The third-order valence-corrected chi connectivity index (χ3v) is 5.04. The molecule has 3 fully saturated rings. The zero-order valence-electron chi connectivity index (χ0n) is 12.4. The van der Waals surface area contributed by atoms with Crippen molar-refractivity contribution in [3.63, 3.8) is 0 Å². The molecule has 21 heavy (non-hydrogen) atoms. The Balaban J connectivity index is 1.65. The highest BCUT2D eigenvalue weighted by Crippen LogP contribution is 2.59. The minimum Gasteiger partial charge on any atom is -0.433 e. The van der Waals surface area contributed by atoms with Gasteiger partial charge < -0.3 is 14.2 Å². The quantitative estimate of drug-likeness (QED) is 0.745. The molecule has 3 aliphatic rings. The number of carbonyl (C=O) groups is 1. The van der Waals surface area contributed by atoms with Crippen LogP contribution >= 0.6 is 0 Å². The molecule has 4 rings (SSSR count). The minimum absolute atomic E-state index is 0.00745. The second-order valence-corrected chi connectivity index (χ2v) is 6.80. The van der Waals surface area contributed by atoms with Gasteiger partial charge in [-0.15, -0.1) is 0 Å². The Morgan fingerprint density at radius 1 is 1.19 bits per heavy atom. The van der Waals surface area contributed by atoms with Crippen LogP contribution in [-0.2, 0) is 19.0 Å². The summed E-state index contributed by atoms with van der Waals surface area (Å²) in [7, 11) is 0. The van der Waals surface area contributed by atoms with Gasteiger partial charge in [-0.05, 0) is 12.0 Å². The van der Waals surface area contributed by atoms with Gasteiger partial charge in [-0.1, -0.05) is 30.3 Å². The van der Waals surface area contributed by atoms with E-state index >= 15 is 0 Å². The van der Waals surface area contributed by atoms with E-state index in [9.17, 15) is 4.79 Å². The molecule has 0 bridgehead atoms. The van der Waals surface area contributed by atoms with Crippen LogP contribution in [0, 0.1) is 11.8 Å². The average Bonchev–Trinajstić information content (AvgIpc) is 2.41. The first-order valence-corrected chi connectivity index (χ1v) is 7.60. The maximum Gasteiger partial charge on any atom is 0.314 e. The number of cyclic esters (lactones) is 1. The molecule has 1 aromatic rings. The van der Waals surface area contributed by atoms with Crippen LogP contribution in [0.2, 0.25) is 0 Å².